The van der Waals surface area contributed by atoms with Crippen molar-refractivity contribution in [2.75, 3.05) is 11.9 Å². The van der Waals surface area contributed by atoms with Crippen LogP contribution in [0.3, 0.4) is 0 Å². The van der Waals surface area contributed by atoms with Crippen molar-refractivity contribution in [1.82, 2.24) is 14.8 Å². The van der Waals surface area contributed by atoms with Crippen LogP contribution in [0.2, 0.25) is 0 Å². The number of hydrogen-bond donors (Lipinski definition) is 1. The SMILES string of the molecule is CCOc1ccccc1CCC(=O)Nc1cnc2c(c1)c(C)nn2C. The number of para-hydroxylation sites is 1. The lowest BCUT2D eigenvalue weighted by atomic mass is 10.1. The lowest BCUT2D eigenvalue weighted by Crippen LogP contribution is -2.13. The number of benzene rings is 1. The molecule has 6 heteroatoms. The van der Waals surface area contributed by atoms with Crippen molar-refractivity contribution in [2.45, 2.75) is 26.7 Å². The van der Waals surface area contributed by atoms with Gasteiger partial charge in [-0.25, -0.2) is 4.98 Å². The Morgan fingerprint density at radius 1 is 1.32 bits per heavy atom. The molecule has 2 heterocycles. The molecule has 0 aliphatic heterocycles. The molecule has 0 atom stereocenters. The number of ether oxygens (including phenoxy) is 1. The van der Waals surface area contributed by atoms with E-state index in [2.05, 4.69) is 15.4 Å². The summed E-state index contributed by atoms with van der Waals surface area (Å²) in [7, 11) is 1.86. The Morgan fingerprint density at radius 2 is 2.12 bits per heavy atom. The Morgan fingerprint density at radius 3 is 2.92 bits per heavy atom. The summed E-state index contributed by atoms with van der Waals surface area (Å²) >= 11 is 0. The molecule has 0 bridgehead atoms. The van der Waals surface area contributed by atoms with E-state index in [0.29, 0.717) is 25.1 Å². The summed E-state index contributed by atoms with van der Waals surface area (Å²) < 4.78 is 7.34. The number of rotatable bonds is 6. The molecule has 6 nitrogen and oxygen atoms in total. The summed E-state index contributed by atoms with van der Waals surface area (Å²) in [6.45, 7) is 4.49. The summed E-state index contributed by atoms with van der Waals surface area (Å²) in [5.74, 6) is 0.792. The third kappa shape index (κ3) is 3.79. The Labute approximate surface area is 146 Å². The molecule has 0 fully saturated rings. The molecule has 0 spiro atoms. The van der Waals surface area contributed by atoms with Gasteiger partial charge in [0.05, 0.1) is 24.2 Å². The summed E-state index contributed by atoms with van der Waals surface area (Å²) in [6.07, 6.45) is 2.67. The third-order valence-corrected chi connectivity index (χ3v) is 4.04. The van der Waals surface area contributed by atoms with E-state index in [9.17, 15) is 4.79 Å². The first-order valence-electron chi connectivity index (χ1n) is 8.38. The maximum atomic E-state index is 12.3. The number of nitrogens with one attached hydrogen (secondary N) is 1. The monoisotopic (exact) mass is 338 g/mol. The van der Waals surface area contributed by atoms with Crippen LogP contribution < -0.4 is 10.1 Å². The van der Waals surface area contributed by atoms with Crippen LogP contribution in [0.25, 0.3) is 11.0 Å². The highest BCUT2D eigenvalue weighted by molar-refractivity contribution is 5.93. The third-order valence-electron chi connectivity index (χ3n) is 4.04. The molecule has 25 heavy (non-hydrogen) atoms. The fourth-order valence-corrected chi connectivity index (χ4v) is 2.85. The van der Waals surface area contributed by atoms with Gasteiger partial charge in [-0.3, -0.25) is 9.48 Å². The zero-order valence-corrected chi connectivity index (χ0v) is 14.7. The maximum absolute atomic E-state index is 12.3. The van der Waals surface area contributed by atoms with Gasteiger partial charge < -0.3 is 10.1 Å². The minimum Gasteiger partial charge on any atom is -0.494 e. The minimum atomic E-state index is -0.0472. The van der Waals surface area contributed by atoms with E-state index in [4.69, 9.17) is 4.74 Å². The van der Waals surface area contributed by atoms with Crippen molar-refractivity contribution in [3.05, 3.63) is 47.8 Å². The molecule has 0 saturated heterocycles. The molecular formula is C19H22N4O2. The molecule has 3 rings (SSSR count). The summed E-state index contributed by atoms with van der Waals surface area (Å²) in [5, 5.41) is 8.20. The second-order valence-electron chi connectivity index (χ2n) is 5.89. The average molecular weight is 338 g/mol. The van der Waals surface area contributed by atoms with Gasteiger partial charge in [0.1, 0.15) is 5.75 Å². The van der Waals surface area contributed by atoms with E-state index < -0.39 is 0 Å². The normalized spacial score (nSPS) is 10.8. The van der Waals surface area contributed by atoms with Crippen LogP contribution in [-0.2, 0) is 18.3 Å². The lowest BCUT2D eigenvalue weighted by molar-refractivity contribution is -0.116. The van der Waals surface area contributed by atoms with Crippen molar-refractivity contribution in [1.29, 1.82) is 0 Å². The standard InChI is InChI=1S/C19H22N4O2/c1-4-25-17-8-6-5-7-14(17)9-10-18(24)21-15-11-16-13(2)22-23(3)19(16)20-12-15/h5-8,11-12H,4,9-10H2,1-3H3,(H,21,24). The van der Waals surface area contributed by atoms with Crippen LogP contribution in [-0.4, -0.2) is 27.3 Å². The Bertz CT molecular complexity index is 902. The minimum absolute atomic E-state index is 0.0472. The number of fused-ring (bicyclic) bond motifs is 1. The van der Waals surface area contributed by atoms with Crippen molar-refractivity contribution >= 4 is 22.6 Å². The molecule has 2 aromatic heterocycles. The summed E-state index contributed by atoms with van der Waals surface area (Å²) in [4.78, 5) is 16.7. The molecular weight excluding hydrogens is 316 g/mol. The van der Waals surface area contributed by atoms with E-state index in [1.807, 2.05) is 51.2 Å². The van der Waals surface area contributed by atoms with Crippen molar-refractivity contribution in [2.24, 2.45) is 7.05 Å². The van der Waals surface area contributed by atoms with Gasteiger partial charge >= 0.3 is 0 Å². The van der Waals surface area contributed by atoms with Gasteiger partial charge in [0.15, 0.2) is 5.65 Å². The van der Waals surface area contributed by atoms with Crippen LogP contribution in [0.1, 0.15) is 24.6 Å². The van der Waals surface area contributed by atoms with Gasteiger partial charge in [0, 0.05) is 18.9 Å². The lowest BCUT2D eigenvalue weighted by Gasteiger charge is -2.10. The molecule has 0 aliphatic rings. The average Bonchev–Trinajstić information content (AvgIpc) is 2.88. The van der Waals surface area contributed by atoms with E-state index in [1.165, 1.54) is 0 Å². The molecule has 3 aromatic rings. The topological polar surface area (TPSA) is 69.0 Å². The molecule has 1 aromatic carbocycles. The number of carbonyl (C=O) groups excluding carboxylic acids is 1. The van der Waals surface area contributed by atoms with Crippen LogP contribution in [0.5, 0.6) is 5.75 Å². The first-order chi connectivity index (χ1) is 12.1. The fraction of sp³-hybridized carbons (Fsp3) is 0.316. The number of amides is 1. The van der Waals surface area contributed by atoms with E-state index >= 15 is 0 Å². The highest BCUT2D eigenvalue weighted by atomic mass is 16.5. The maximum Gasteiger partial charge on any atom is 0.224 e. The Hall–Kier alpha value is -2.89. The number of aryl methyl sites for hydroxylation is 3. The zero-order chi connectivity index (χ0) is 17.8. The van der Waals surface area contributed by atoms with E-state index in [1.54, 1.807) is 10.9 Å². The van der Waals surface area contributed by atoms with E-state index in [0.717, 1.165) is 28.0 Å². The molecule has 1 amide bonds. The van der Waals surface area contributed by atoms with Crippen molar-refractivity contribution < 1.29 is 9.53 Å². The second kappa shape index (κ2) is 7.34. The quantitative estimate of drug-likeness (QED) is 0.749. The first-order valence-corrected chi connectivity index (χ1v) is 8.38. The summed E-state index contributed by atoms with van der Waals surface area (Å²) in [6, 6.07) is 9.73. The molecule has 130 valence electrons. The smallest absolute Gasteiger partial charge is 0.224 e. The van der Waals surface area contributed by atoms with Gasteiger partial charge in [0.2, 0.25) is 5.91 Å². The Kier molecular flexibility index (Phi) is 4.97. The number of nitrogens with zero attached hydrogens (tertiary/aromatic N) is 3. The van der Waals surface area contributed by atoms with Crippen LogP contribution in [0, 0.1) is 6.92 Å². The van der Waals surface area contributed by atoms with Gasteiger partial charge in [-0.1, -0.05) is 18.2 Å². The molecule has 0 saturated carbocycles. The van der Waals surface area contributed by atoms with Crippen LogP contribution >= 0.6 is 0 Å². The van der Waals surface area contributed by atoms with Gasteiger partial charge in [-0.2, -0.15) is 5.10 Å². The predicted molar refractivity (Wildman–Crippen MR) is 97.8 cm³/mol. The molecule has 0 unspecified atom stereocenters. The largest absolute Gasteiger partial charge is 0.494 e. The first kappa shape index (κ1) is 17.0. The highest BCUT2D eigenvalue weighted by Gasteiger charge is 2.10. The van der Waals surface area contributed by atoms with Gasteiger partial charge in [-0.05, 0) is 38.0 Å². The van der Waals surface area contributed by atoms with Crippen molar-refractivity contribution in [3.8, 4) is 5.75 Å². The number of pyridine rings is 1. The second-order valence-corrected chi connectivity index (χ2v) is 5.89. The molecule has 1 N–H and O–H groups in total. The molecule has 0 radical (unpaired) electrons. The zero-order valence-electron chi connectivity index (χ0n) is 14.7. The van der Waals surface area contributed by atoms with Crippen molar-refractivity contribution in [3.63, 3.8) is 0 Å². The number of carbonyl (C=O) groups is 1. The Balaban J connectivity index is 1.66. The number of anilines is 1. The fourth-order valence-electron chi connectivity index (χ4n) is 2.85. The molecule has 0 aliphatic carbocycles. The predicted octanol–water partition coefficient (Wildman–Crippen LogP) is 3.25. The van der Waals surface area contributed by atoms with Crippen LogP contribution in [0.4, 0.5) is 5.69 Å². The van der Waals surface area contributed by atoms with E-state index in [-0.39, 0.29) is 5.91 Å². The van der Waals surface area contributed by atoms with Crippen LogP contribution in [0.15, 0.2) is 36.5 Å². The number of hydrogen-bond acceptors (Lipinski definition) is 4. The van der Waals surface area contributed by atoms with Gasteiger partial charge in [-0.15, -0.1) is 0 Å². The number of aromatic nitrogens is 3. The summed E-state index contributed by atoms with van der Waals surface area (Å²) in [5.41, 5.74) is 3.43. The van der Waals surface area contributed by atoms with Gasteiger partial charge in [0.25, 0.3) is 0 Å². The highest BCUT2D eigenvalue weighted by Crippen LogP contribution is 2.21.